The van der Waals surface area contributed by atoms with Crippen molar-refractivity contribution in [1.29, 1.82) is 0 Å². The van der Waals surface area contributed by atoms with Crippen molar-refractivity contribution in [2.45, 2.75) is 13.8 Å². The Labute approximate surface area is 110 Å². The number of nitrogens with zero attached hydrogens (tertiary/aromatic N) is 3. The van der Waals surface area contributed by atoms with Gasteiger partial charge in [-0.15, -0.1) is 10.2 Å². The molecule has 1 atom stereocenters. The maximum absolute atomic E-state index is 11.1. The molecule has 0 amide bonds. The summed E-state index contributed by atoms with van der Waals surface area (Å²) < 4.78 is 0. The van der Waals surface area contributed by atoms with Crippen LogP contribution in [0.25, 0.3) is 11.0 Å². The van der Waals surface area contributed by atoms with Gasteiger partial charge in [-0.05, 0) is 18.1 Å². The third kappa shape index (κ3) is 3.15. The summed E-state index contributed by atoms with van der Waals surface area (Å²) in [6.07, 6.45) is 0. The monoisotopic (exact) mass is 260 g/mol. The second-order valence-electron chi connectivity index (χ2n) is 4.69. The van der Waals surface area contributed by atoms with Crippen LogP contribution in [0.4, 0.5) is 5.95 Å². The van der Waals surface area contributed by atoms with Gasteiger partial charge in [0.1, 0.15) is 5.52 Å². The van der Waals surface area contributed by atoms with Gasteiger partial charge in [-0.2, -0.15) is 0 Å². The first-order valence-electron chi connectivity index (χ1n) is 6.14. The molecule has 2 rings (SSSR count). The molecule has 1 unspecified atom stereocenters. The average Bonchev–Trinajstić information content (AvgIpc) is 2.38. The molecular formula is C13H16N4O2. The van der Waals surface area contributed by atoms with E-state index in [-0.39, 0.29) is 12.5 Å². The van der Waals surface area contributed by atoms with Crippen molar-refractivity contribution >= 4 is 23.0 Å². The highest BCUT2D eigenvalue weighted by molar-refractivity contribution is 5.74. The third-order valence-electron chi connectivity index (χ3n) is 2.96. The zero-order chi connectivity index (χ0) is 13.8. The van der Waals surface area contributed by atoms with Crippen LogP contribution in [0, 0.1) is 11.8 Å². The number of para-hydroxylation sites is 1. The summed E-state index contributed by atoms with van der Waals surface area (Å²) in [5.41, 5.74) is 1.45. The minimum absolute atomic E-state index is 0.0402. The van der Waals surface area contributed by atoms with Gasteiger partial charge in [-0.3, -0.25) is 4.79 Å². The molecule has 0 fully saturated rings. The van der Waals surface area contributed by atoms with E-state index < -0.39 is 11.9 Å². The number of fused-ring (bicyclic) bond motifs is 1. The van der Waals surface area contributed by atoms with Gasteiger partial charge in [0.25, 0.3) is 0 Å². The molecule has 2 aromatic rings. The number of carboxylic acid groups (broad SMARTS) is 1. The Balaban J connectivity index is 2.11. The molecule has 0 aliphatic heterocycles. The van der Waals surface area contributed by atoms with Crippen molar-refractivity contribution in [3.63, 3.8) is 0 Å². The zero-order valence-corrected chi connectivity index (χ0v) is 10.9. The van der Waals surface area contributed by atoms with E-state index in [4.69, 9.17) is 5.11 Å². The first-order valence-corrected chi connectivity index (χ1v) is 6.14. The predicted molar refractivity (Wildman–Crippen MR) is 71.8 cm³/mol. The molecule has 6 heteroatoms. The van der Waals surface area contributed by atoms with Crippen LogP contribution in [0.1, 0.15) is 13.8 Å². The Bertz CT molecular complexity index is 586. The molecule has 0 radical (unpaired) electrons. The number of hydrogen-bond donors (Lipinski definition) is 2. The molecule has 6 nitrogen and oxygen atoms in total. The van der Waals surface area contributed by atoms with E-state index in [0.717, 1.165) is 5.52 Å². The van der Waals surface area contributed by atoms with Crippen molar-refractivity contribution in [3.8, 4) is 0 Å². The normalized spacial score (nSPS) is 12.6. The van der Waals surface area contributed by atoms with Gasteiger partial charge in [-0.25, -0.2) is 4.98 Å². The fourth-order valence-electron chi connectivity index (χ4n) is 1.77. The van der Waals surface area contributed by atoms with E-state index in [0.29, 0.717) is 11.5 Å². The van der Waals surface area contributed by atoms with Crippen LogP contribution < -0.4 is 5.32 Å². The number of carboxylic acids is 1. The maximum atomic E-state index is 11.1. The summed E-state index contributed by atoms with van der Waals surface area (Å²) in [6, 6.07) is 7.40. The van der Waals surface area contributed by atoms with E-state index in [1.807, 2.05) is 38.1 Å². The number of hydrogen-bond acceptors (Lipinski definition) is 5. The highest BCUT2D eigenvalue weighted by Crippen LogP contribution is 2.13. The fraction of sp³-hybridized carbons (Fsp3) is 0.385. The van der Waals surface area contributed by atoms with Gasteiger partial charge in [0.05, 0.1) is 11.4 Å². The minimum atomic E-state index is -0.823. The van der Waals surface area contributed by atoms with E-state index in [1.54, 1.807) is 0 Å². The molecule has 1 aromatic carbocycles. The van der Waals surface area contributed by atoms with Crippen molar-refractivity contribution in [2.24, 2.45) is 11.8 Å². The summed E-state index contributed by atoms with van der Waals surface area (Å²) in [5, 5.41) is 20.0. The maximum Gasteiger partial charge on any atom is 0.308 e. The van der Waals surface area contributed by atoms with Crippen molar-refractivity contribution < 1.29 is 9.90 Å². The van der Waals surface area contributed by atoms with Gasteiger partial charge in [0.15, 0.2) is 0 Å². The predicted octanol–water partition coefficient (Wildman–Crippen LogP) is 1.79. The van der Waals surface area contributed by atoms with Crippen LogP contribution in [0.3, 0.4) is 0 Å². The number of carbonyl (C=O) groups is 1. The van der Waals surface area contributed by atoms with Gasteiger partial charge in [-0.1, -0.05) is 26.0 Å². The molecule has 100 valence electrons. The Morgan fingerprint density at radius 1 is 1.26 bits per heavy atom. The highest BCUT2D eigenvalue weighted by atomic mass is 16.4. The van der Waals surface area contributed by atoms with Gasteiger partial charge in [0.2, 0.25) is 5.95 Å². The Morgan fingerprint density at radius 2 is 1.95 bits per heavy atom. The Morgan fingerprint density at radius 3 is 2.58 bits per heavy atom. The number of aromatic nitrogens is 3. The van der Waals surface area contributed by atoms with Crippen LogP contribution >= 0.6 is 0 Å². The van der Waals surface area contributed by atoms with Gasteiger partial charge >= 0.3 is 5.97 Å². The molecule has 0 aliphatic rings. The van der Waals surface area contributed by atoms with Crippen LogP contribution in [0.2, 0.25) is 0 Å². The topological polar surface area (TPSA) is 88.0 Å². The molecule has 0 bridgehead atoms. The quantitative estimate of drug-likeness (QED) is 0.852. The molecule has 0 saturated heterocycles. The van der Waals surface area contributed by atoms with Crippen LogP contribution in [0.5, 0.6) is 0 Å². The number of aliphatic carboxylic acids is 1. The summed E-state index contributed by atoms with van der Waals surface area (Å²) in [7, 11) is 0. The summed E-state index contributed by atoms with van der Waals surface area (Å²) in [4.78, 5) is 15.4. The summed E-state index contributed by atoms with van der Waals surface area (Å²) >= 11 is 0. The van der Waals surface area contributed by atoms with Crippen LogP contribution in [0.15, 0.2) is 24.3 Å². The first kappa shape index (κ1) is 13.2. The molecular weight excluding hydrogens is 244 g/mol. The molecule has 0 saturated carbocycles. The lowest BCUT2D eigenvalue weighted by atomic mass is 9.96. The highest BCUT2D eigenvalue weighted by Gasteiger charge is 2.21. The van der Waals surface area contributed by atoms with Gasteiger partial charge in [0, 0.05) is 6.54 Å². The second-order valence-corrected chi connectivity index (χ2v) is 4.69. The Kier molecular flexibility index (Phi) is 3.89. The molecule has 1 aromatic heterocycles. The molecule has 1 heterocycles. The molecule has 19 heavy (non-hydrogen) atoms. The molecule has 0 spiro atoms. The van der Waals surface area contributed by atoms with E-state index in [2.05, 4.69) is 20.5 Å². The third-order valence-corrected chi connectivity index (χ3v) is 2.96. The molecule has 0 aliphatic carbocycles. The molecule has 2 N–H and O–H groups in total. The van der Waals surface area contributed by atoms with Crippen LogP contribution in [-0.2, 0) is 4.79 Å². The van der Waals surface area contributed by atoms with Gasteiger partial charge < -0.3 is 10.4 Å². The van der Waals surface area contributed by atoms with E-state index in [1.165, 1.54) is 0 Å². The smallest absolute Gasteiger partial charge is 0.308 e. The minimum Gasteiger partial charge on any atom is -0.481 e. The first-order chi connectivity index (χ1) is 9.08. The van der Waals surface area contributed by atoms with Crippen molar-refractivity contribution in [2.75, 3.05) is 11.9 Å². The summed E-state index contributed by atoms with van der Waals surface area (Å²) in [6.45, 7) is 4.03. The van der Waals surface area contributed by atoms with E-state index >= 15 is 0 Å². The number of nitrogens with one attached hydrogen (secondary N) is 1. The van der Waals surface area contributed by atoms with Crippen LogP contribution in [-0.4, -0.2) is 32.8 Å². The largest absolute Gasteiger partial charge is 0.481 e. The SMILES string of the molecule is CC(C)C(CNc1nnc2ccccc2n1)C(=O)O. The fourth-order valence-corrected chi connectivity index (χ4v) is 1.77. The Hall–Kier alpha value is -2.24. The lowest BCUT2D eigenvalue weighted by Gasteiger charge is -2.16. The number of benzene rings is 1. The van der Waals surface area contributed by atoms with Crippen molar-refractivity contribution in [1.82, 2.24) is 15.2 Å². The zero-order valence-electron chi connectivity index (χ0n) is 10.9. The van der Waals surface area contributed by atoms with Crippen molar-refractivity contribution in [3.05, 3.63) is 24.3 Å². The summed E-state index contributed by atoms with van der Waals surface area (Å²) in [5.74, 6) is -0.907. The lowest BCUT2D eigenvalue weighted by molar-refractivity contribution is -0.142. The standard InChI is InChI=1S/C13H16N4O2/c1-8(2)9(12(18)19)7-14-13-15-10-5-3-4-6-11(10)16-17-13/h3-6,8-9H,7H2,1-2H3,(H,18,19)(H,14,15,17). The lowest BCUT2D eigenvalue weighted by Crippen LogP contribution is -2.28. The number of rotatable bonds is 5. The average molecular weight is 260 g/mol. The second kappa shape index (κ2) is 5.60. The van der Waals surface area contributed by atoms with E-state index in [9.17, 15) is 4.79 Å². The number of anilines is 1.